The van der Waals surface area contributed by atoms with Crippen molar-refractivity contribution in [2.75, 3.05) is 13.7 Å². The molecule has 1 aromatic rings. The number of benzene rings is 1. The maximum atomic E-state index is 11.6. The first-order valence-electron chi connectivity index (χ1n) is 5.75. The molecular formula is C13H19NO3. The fourth-order valence-electron chi connectivity index (χ4n) is 1.32. The standard InChI is InChI=1S/C13H19NO3/c1-4-8-14-13(15)10(2)17-12-7-5-6-11(9-12)16-3/h5-7,9-10H,4,8H2,1-3H3,(H,14,15)/t10-/m0/s1. The van der Waals surface area contributed by atoms with E-state index in [1.807, 2.05) is 19.1 Å². The highest BCUT2D eigenvalue weighted by Crippen LogP contribution is 2.19. The van der Waals surface area contributed by atoms with Crippen LogP contribution in [-0.4, -0.2) is 25.7 Å². The number of amides is 1. The second-order valence-corrected chi connectivity index (χ2v) is 3.73. The molecule has 1 atom stereocenters. The van der Waals surface area contributed by atoms with Gasteiger partial charge in [0.15, 0.2) is 6.10 Å². The Labute approximate surface area is 102 Å². The quantitative estimate of drug-likeness (QED) is 0.823. The van der Waals surface area contributed by atoms with E-state index < -0.39 is 6.10 Å². The van der Waals surface area contributed by atoms with Gasteiger partial charge in [-0.2, -0.15) is 0 Å². The lowest BCUT2D eigenvalue weighted by Gasteiger charge is -2.14. The van der Waals surface area contributed by atoms with Gasteiger partial charge in [-0.25, -0.2) is 0 Å². The van der Waals surface area contributed by atoms with Gasteiger partial charge in [0.25, 0.3) is 5.91 Å². The lowest BCUT2D eigenvalue weighted by molar-refractivity contribution is -0.127. The van der Waals surface area contributed by atoms with Crippen LogP contribution in [0, 0.1) is 0 Å². The maximum absolute atomic E-state index is 11.6. The first-order chi connectivity index (χ1) is 8.17. The lowest BCUT2D eigenvalue weighted by atomic mass is 10.3. The number of nitrogens with one attached hydrogen (secondary N) is 1. The van der Waals surface area contributed by atoms with E-state index in [4.69, 9.17) is 9.47 Å². The van der Waals surface area contributed by atoms with Crippen molar-refractivity contribution in [3.05, 3.63) is 24.3 Å². The summed E-state index contributed by atoms with van der Waals surface area (Å²) in [5.41, 5.74) is 0. The highest BCUT2D eigenvalue weighted by molar-refractivity contribution is 5.80. The predicted octanol–water partition coefficient (Wildman–Crippen LogP) is 1.99. The normalized spacial score (nSPS) is 11.7. The van der Waals surface area contributed by atoms with E-state index in [1.54, 1.807) is 26.2 Å². The van der Waals surface area contributed by atoms with Crippen molar-refractivity contribution >= 4 is 5.91 Å². The number of hydrogen-bond donors (Lipinski definition) is 1. The maximum Gasteiger partial charge on any atom is 0.260 e. The summed E-state index contributed by atoms with van der Waals surface area (Å²) in [5.74, 6) is 1.24. The van der Waals surface area contributed by atoms with Gasteiger partial charge in [-0.1, -0.05) is 13.0 Å². The van der Waals surface area contributed by atoms with Gasteiger partial charge in [0, 0.05) is 12.6 Å². The van der Waals surface area contributed by atoms with Gasteiger partial charge < -0.3 is 14.8 Å². The number of ether oxygens (including phenoxy) is 2. The highest BCUT2D eigenvalue weighted by Gasteiger charge is 2.13. The van der Waals surface area contributed by atoms with Crippen LogP contribution in [0.5, 0.6) is 11.5 Å². The van der Waals surface area contributed by atoms with Crippen LogP contribution in [0.2, 0.25) is 0 Å². The zero-order chi connectivity index (χ0) is 12.7. The molecule has 0 radical (unpaired) electrons. The monoisotopic (exact) mass is 237 g/mol. The Balaban J connectivity index is 2.54. The van der Waals surface area contributed by atoms with Crippen LogP contribution in [0.1, 0.15) is 20.3 Å². The van der Waals surface area contributed by atoms with Crippen LogP contribution in [0.3, 0.4) is 0 Å². The van der Waals surface area contributed by atoms with E-state index in [9.17, 15) is 4.79 Å². The fourth-order valence-corrected chi connectivity index (χ4v) is 1.32. The third kappa shape index (κ3) is 4.34. The second kappa shape index (κ2) is 6.78. The van der Waals surface area contributed by atoms with Crippen molar-refractivity contribution in [3.63, 3.8) is 0 Å². The molecule has 0 spiro atoms. The van der Waals surface area contributed by atoms with E-state index in [1.165, 1.54) is 0 Å². The molecule has 0 bridgehead atoms. The molecule has 94 valence electrons. The van der Waals surface area contributed by atoms with Crippen LogP contribution in [-0.2, 0) is 4.79 Å². The molecule has 0 unspecified atom stereocenters. The fraction of sp³-hybridized carbons (Fsp3) is 0.462. The Morgan fingerprint density at radius 1 is 1.41 bits per heavy atom. The number of rotatable bonds is 6. The van der Waals surface area contributed by atoms with Gasteiger partial charge in [-0.15, -0.1) is 0 Å². The minimum Gasteiger partial charge on any atom is -0.497 e. The molecule has 1 rings (SSSR count). The summed E-state index contributed by atoms with van der Waals surface area (Å²) in [6, 6.07) is 7.20. The Morgan fingerprint density at radius 3 is 2.76 bits per heavy atom. The minimum atomic E-state index is -0.506. The molecule has 0 aliphatic heterocycles. The number of hydrogen-bond acceptors (Lipinski definition) is 3. The van der Waals surface area contributed by atoms with Crippen LogP contribution in [0.25, 0.3) is 0 Å². The summed E-state index contributed by atoms with van der Waals surface area (Å²) in [4.78, 5) is 11.6. The predicted molar refractivity (Wildman–Crippen MR) is 66.4 cm³/mol. The van der Waals surface area contributed by atoms with Crippen molar-refractivity contribution in [3.8, 4) is 11.5 Å². The number of carbonyl (C=O) groups is 1. The van der Waals surface area contributed by atoms with Gasteiger partial charge in [0.05, 0.1) is 7.11 Å². The average Bonchev–Trinajstić information content (AvgIpc) is 2.36. The largest absolute Gasteiger partial charge is 0.497 e. The molecule has 0 heterocycles. The van der Waals surface area contributed by atoms with Crippen LogP contribution < -0.4 is 14.8 Å². The molecule has 1 aromatic carbocycles. The van der Waals surface area contributed by atoms with E-state index in [0.717, 1.165) is 6.42 Å². The van der Waals surface area contributed by atoms with Gasteiger partial charge >= 0.3 is 0 Å². The summed E-state index contributed by atoms with van der Waals surface area (Å²) in [6.07, 6.45) is 0.408. The number of methoxy groups -OCH3 is 1. The third-order valence-corrected chi connectivity index (χ3v) is 2.27. The van der Waals surface area contributed by atoms with E-state index in [0.29, 0.717) is 18.0 Å². The molecule has 0 fully saturated rings. The average molecular weight is 237 g/mol. The van der Waals surface area contributed by atoms with Gasteiger partial charge in [0.1, 0.15) is 11.5 Å². The third-order valence-electron chi connectivity index (χ3n) is 2.27. The Morgan fingerprint density at radius 2 is 2.12 bits per heavy atom. The van der Waals surface area contributed by atoms with Crippen molar-refractivity contribution in [1.82, 2.24) is 5.32 Å². The lowest BCUT2D eigenvalue weighted by Crippen LogP contribution is -2.36. The van der Waals surface area contributed by atoms with Crippen molar-refractivity contribution < 1.29 is 14.3 Å². The topological polar surface area (TPSA) is 47.6 Å². The molecule has 0 aliphatic rings. The molecule has 0 aromatic heterocycles. The number of carbonyl (C=O) groups excluding carboxylic acids is 1. The summed E-state index contributed by atoms with van der Waals surface area (Å²) < 4.78 is 10.6. The minimum absolute atomic E-state index is 0.102. The molecule has 1 amide bonds. The zero-order valence-corrected chi connectivity index (χ0v) is 10.5. The summed E-state index contributed by atoms with van der Waals surface area (Å²) in [5, 5.41) is 2.79. The van der Waals surface area contributed by atoms with E-state index in [-0.39, 0.29) is 5.91 Å². The second-order valence-electron chi connectivity index (χ2n) is 3.73. The smallest absolute Gasteiger partial charge is 0.260 e. The van der Waals surface area contributed by atoms with Gasteiger partial charge in [-0.05, 0) is 25.5 Å². The van der Waals surface area contributed by atoms with Crippen LogP contribution in [0.15, 0.2) is 24.3 Å². The van der Waals surface area contributed by atoms with Crippen molar-refractivity contribution in [2.24, 2.45) is 0 Å². The van der Waals surface area contributed by atoms with Crippen molar-refractivity contribution in [2.45, 2.75) is 26.4 Å². The molecule has 0 saturated heterocycles. The zero-order valence-electron chi connectivity index (χ0n) is 10.5. The van der Waals surface area contributed by atoms with Gasteiger partial charge in [-0.3, -0.25) is 4.79 Å². The molecule has 17 heavy (non-hydrogen) atoms. The summed E-state index contributed by atoms with van der Waals surface area (Å²) in [6.45, 7) is 4.41. The first-order valence-corrected chi connectivity index (χ1v) is 5.75. The molecular weight excluding hydrogens is 218 g/mol. The van der Waals surface area contributed by atoms with Crippen LogP contribution in [0.4, 0.5) is 0 Å². The Kier molecular flexibility index (Phi) is 5.33. The van der Waals surface area contributed by atoms with E-state index >= 15 is 0 Å². The SMILES string of the molecule is CCCNC(=O)[C@H](C)Oc1cccc(OC)c1. The van der Waals surface area contributed by atoms with Gasteiger partial charge in [0.2, 0.25) is 0 Å². The van der Waals surface area contributed by atoms with Crippen LogP contribution >= 0.6 is 0 Å². The first kappa shape index (κ1) is 13.4. The molecule has 0 aliphatic carbocycles. The summed E-state index contributed by atoms with van der Waals surface area (Å²) in [7, 11) is 1.59. The molecule has 1 N–H and O–H groups in total. The summed E-state index contributed by atoms with van der Waals surface area (Å²) >= 11 is 0. The van der Waals surface area contributed by atoms with E-state index in [2.05, 4.69) is 5.32 Å². The molecule has 0 saturated carbocycles. The Bertz CT molecular complexity index is 365. The molecule has 4 heteroatoms. The Hall–Kier alpha value is -1.71. The highest BCUT2D eigenvalue weighted by atomic mass is 16.5. The molecule has 4 nitrogen and oxygen atoms in total. The van der Waals surface area contributed by atoms with Crippen molar-refractivity contribution in [1.29, 1.82) is 0 Å².